The molecule has 0 saturated carbocycles. The molecule has 5 rings (SSSR count). The predicted molar refractivity (Wildman–Crippen MR) is 130 cm³/mol. The zero-order valence-electron chi connectivity index (χ0n) is 18.6. The Morgan fingerprint density at radius 2 is 1.70 bits per heavy atom. The Labute approximate surface area is 197 Å². The highest BCUT2D eigenvalue weighted by Gasteiger charge is 2.27. The van der Waals surface area contributed by atoms with Gasteiger partial charge in [0.15, 0.2) is 6.10 Å². The maximum absolute atomic E-state index is 12.4. The molecule has 1 unspecified atom stereocenters. The van der Waals surface area contributed by atoms with Gasteiger partial charge in [0.2, 0.25) is 0 Å². The van der Waals surface area contributed by atoms with Crippen molar-refractivity contribution in [2.24, 2.45) is 0 Å². The van der Waals surface area contributed by atoms with E-state index in [1.807, 2.05) is 25.1 Å². The molecule has 1 aliphatic heterocycles. The molecule has 0 N–H and O–H groups in total. The smallest absolute Gasteiger partial charge is 0.335 e. The number of esters is 1. The maximum Gasteiger partial charge on any atom is 0.335 e. The fraction of sp³-hybridized carbons (Fsp3) is 0.222. The monoisotopic (exact) mass is 459 g/mol. The Kier molecular flexibility index (Phi) is 6.11. The number of ether oxygens (including phenoxy) is 2. The first kappa shape index (κ1) is 21.6. The Bertz CT molecular complexity index is 1250. The third kappa shape index (κ3) is 4.12. The molecule has 2 heterocycles. The van der Waals surface area contributed by atoms with Gasteiger partial charge in [-0.3, -0.25) is 0 Å². The number of furan rings is 1. The number of carbonyl (C=O) groups is 1. The van der Waals surface area contributed by atoms with E-state index < -0.39 is 6.10 Å². The van der Waals surface area contributed by atoms with Crippen LogP contribution in [0.3, 0.4) is 0 Å². The van der Waals surface area contributed by atoms with Crippen LogP contribution in [0.2, 0.25) is 0 Å². The van der Waals surface area contributed by atoms with Gasteiger partial charge < -0.3 is 18.8 Å². The summed E-state index contributed by atoms with van der Waals surface area (Å²) in [6.45, 7) is 2.96. The van der Waals surface area contributed by atoms with Gasteiger partial charge in [-0.1, -0.05) is 42.1 Å². The van der Waals surface area contributed by atoms with Gasteiger partial charge in [0, 0.05) is 34.7 Å². The number of benzene rings is 3. The summed E-state index contributed by atoms with van der Waals surface area (Å²) >= 11 is 1.79. The number of hydrogen-bond acceptors (Lipinski definition) is 6. The molecule has 4 aromatic rings. The molecule has 0 bridgehead atoms. The van der Waals surface area contributed by atoms with Crippen LogP contribution in [0.5, 0.6) is 0 Å². The van der Waals surface area contributed by atoms with Crippen LogP contribution in [0.15, 0.2) is 87.2 Å². The van der Waals surface area contributed by atoms with Gasteiger partial charge in [-0.2, -0.15) is 0 Å². The Morgan fingerprint density at radius 3 is 2.36 bits per heavy atom. The Balaban J connectivity index is 1.60. The van der Waals surface area contributed by atoms with Crippen molar-refractivity contribution in [2.75, 3.05) is 18.6 Å². The van der Waals surface area contributed by atoms with Crippen LogP contribution in [0.1, 0.15) is 18.1 Å². The van der Waals surface area contributed by atoms with Crippen molar-refractivity contribution < 1.29 is 18.7 Å². The Morgan fingerprint density at radius 1 is 1.00 bits per heavy atom. The number of fused-ring (bicyclic) bond motifs is 3. The number of rotatable bonds is 7. The molecule has 0 amide bonds. The van der Waals surface area contributed by atoms with Crippen molar-refractivity contribution >= 4 is 40.1 Å². The molecule has 0 aliphatic carbocycles. The number of hydrogen-bond donors (Lipinski definition) is 0. The molecule has 1 aliphatic rings. The third-order valence-corrected chi connectivity index (χ3v) is 7.06. The van der Waals surface area contributed by atoms with Crippen molar-refractivity contribution in [3.63, 3.8) is 0 Å². The molecule has 1 aromatic heterocycles. The van der Waals surface area contributed by atoms with E-state index in [0.717, 1.165) is 22.1 Å². The normalized spacial score (nSPS) is 13.5. The lowest BCUT2D eigenvalue weighted by Gasteiger charge is -2.33. The molecular weight excluding hydrogens is 434 g/mol. The second-order valence-corrected chi connectivity index (χ2v) is 8.91. The third-order valence-electron chi connectivity index (χ3n) is 5.93. The van der Waals surface area contributed by atoms with Crippen molar-refractivity contribution in [3.8, 4) is 0 Å². The van der Waals surface area contributed by atoms with Crippen LogP contribution < -0.4 is 4.90 Å². The van der Waals surface area contributed by atoms with E-state index in [4.69, 9.17) is 13.9 Å². The van der Waals surface area contributed by atoms with Crippen LogP contribution in [0, 0.1) is 0 Å². The van der Waals surface area contributed by atoms with E-state index >= 15 is 0 Å². The highest BCUT2D eigenvalue weighted by molar-refractivity contribution is 7.99. The minimum atomic E-state index is -0.653. The van der Waals surface area contributed by atoms with Gasteiger partial charge in [-0.25, -0.2) is 4.79 Å². The van der Waals surface area contributed by atoms with Crippen LogP contribution in [0.25, 0.3) is 11.0 Å². The molecule has 33 heavy (non-hydrogen) atoms. The minimum Gasteiger partial charge on any atom is -0.467 e. The number of methoxy groups -OCH3 is 1. The van der Waals surface area contributed by atoms with Crippen LogP contribution in [0.4, 0.5) is 11.4 Å². The van der Waals surface area contributed by atoms with E-state index in [1.165, 1.54) is 28.3 Å². The SMILES string of the molecule is CCOC(Cc1ccc2occc2c1CN1c2ccccc2Sc2ccccc21)C(=O)OC. The molecule has 0 saturated heterocycles. The van der Waals surface area contributed by atoms with E-state index in [-0.39, 0.29) is 5.97 Å². The highest BCUT2D eigenvalue weighted by atomic mass is 32.2. The number of anilines is 2. The molecule has 6 heteroatoms. The van der Waals surface area contributed by atoms with Crippen LogP contribution in [-0.2, 0) is 27.2 Å². The molecule has 0 spiro atoms. The average molecular weight is 460 g/mol. The van der Waals surface area contributed by atoms with Crippen molar-refractivity contribution in [3.05, 3.63) is 84.1 Å². The van der Waals surface area contributed by atoms with Crippen LogP contribution in [-0.4, -0.2) is 25.8 Å². The molecule has 1 atom stereocenters. The van der Waals surface area contributed by atoms with Gasteiger partial charge in [0.25, 0.3) is 0 Å². The van der Waals surface area contributed by atoms with Crippen molar-refractivity contribution in [1.29, 1.82) is 0 Å². The summed E-state index contributed by atoms with van der Waals surface area (Å²) in [5, 5.41) is 1.04. The summed E-state index contributed by atoms with van der Waals surface area (Å²) in [4.78, 5) is 17.2. The van der Waals surface area contributed by atoms with E-state index in [9.17, 15) is 4.79 Å². The fourth-order valence-electron chi connectivity index (χ4n) is 4.38. The molecular formula is C27H25NO4S. The van der Waals surface area contributed by atoms with Gasteiger partial charge in [0.1, 0.15) is 5.58 Å². The summed E-state index contributed by atoms with van der Waals surface area (Å²) in [5.41, 5.74) is 5.32. The average Bonchev–Trinajstić information content (AvgIpc) is 3.33. The first-order valence-electron chi connectivity index (χ1n) is 11.0. The van der Waals surface area contributed by atoms with E-state index in [1.54, 1.807) is 18.0 Å². The van der Waals surface area contributed by atoms with Gasteiger partial charge in [-0.15, -0.1) is 0 Å². The second-order valence-electron chi connectivity index (χ2n) is 7.83. The predicted octanol–water partition coefficient (Wildman–Crippen LogP) is 6.36. The van der Waals surface area contributed by atoms with Gasteiger partial charge >= 0.3 is 5.97 Å². The second kappa shape index (κ2) is 9.33. The largest absolute Gasteiger partial charge is 0.467 e. The quantitative estimate of drug-likeness (QED) is 0.300. The van der Waals surface area contributed by atoms with Crippen molar-refractivity contribution in [2.45, 2.75) is 35.8 Å². The summed E-state index contributed by atoms with van der Waals surface area (Å²) < 4.78 is 16.4. The van der Waals surface area contributed by atoms with E-state index in [0.29, 0.717) is 19.6 Å². The summed E-state index contributed by atoms with van der Waals surface area (Å²) in [5.74, 6) is -0.361. The molecule has 3 aromatic carbocycles. The first-order chi connectivity index (χ1) is 16.2. The van der Waals surface area contributed by atoms with Gasteiger partial charge in [-0.05, 0) is 54.4 Å². The van der Waals surface area contributed by atoms with Crippen LogP contribution >= 0.6 is 11.8 Å². The lowest BCUT2D eigenvalue weighted by atomic mass is 9.97. The summed E-state index contributed by atoms with van der Waals surface area (Å²) in [6.07, 6.45) is 1.49. The molecule has 5 nitrogen and oxygen atoms in total. The number of para-hydroxylation sites is 2. The lowest BCUT2D eigenvalue weighted by Crippen LogP contribution is -2.29. The summed E-state index contributed by atoms with van der Waals surface area (Å²) in [6, 6.07) is 22.9. The summed E-state index contributed by atoms with van der Waals surface area (Å²) in [7, 11) is 1.40. The zero-order chi connectivity index (χ0) is 22.8. The first-order valence-corrected chi connectivity index (χ1v) is 11.8. The lowest BCUT2D eigenvalue weighted by molar-refractivity contribution is -0.153. The molecule has 0 radical (unpaired) electrons. The Hall–Kier alpha value is -3.22. The topological polar surface area (TPSA) is 51.9 Å². The standard InChI is InChI=1S/C27H25NO4S/c1-3-31-24(27(29)30-2)16-18-12-13-23-19(14-15-32-23)20(18)17-28-21-8-4-6-10-25(21)33-26-11-7-5-9-22(26)28/h4-15,24H,3,16-17H2,1-2H3. The molecule has 168 valence electrons. The van der Waals surface area contributed by atoms with E-state index in [2.05, 4.69) is 53.4 Å². The highest BCUT2D eigenvalue weighted by Crippen LogP contribution is 2.48. The molecule has 0 fully saturated rings. The van der Waals surface area contributed by atoms with Gasteiger partial charge in [0.05, 0.1) is 24.7 Å². The number of nitrogens with zero attached hydrogens (tertiary/aromatic N) is 1. The number of carbonyl (C=O) groups excluding carboxylic acids is 1. The van der Waals surface area contributed by atoms with Crippen molar-refractivity contribution in [1.82, 2.24) is 0 Å². The fourth-order valence-corrected chi connectivity index (χ4v) is 5.48. The zero-order valence-corrected chi connectivity index (χ0v) is 19.4. The maximum atomic E-state index is 12.4. The minimum absolute atomic E-state index is 0.361.